The first-order valence-corrected chi connectivity index (χ1v) is 6.56. The number of hydrogen-bond acceptors (Lipinski definition) is 3. The minimum absolute atomic E-state index is 0.00926. The zero-order valence-electron chi connectivity index (χ0n) is 9.77. The quantitative estimate of drug-likeness (QED) is 0.796. The van der Waals surface area contributed by atoms with Crippen molar-refractivity contribution in [2.75, 3.05) is 5.75 Å². The van der Waals surface area contributed by atoms with E-state index in [1.54, 1.807) is 4.90 Å². The van der Waals surface area contributed by atoms with Crippen molar-refractivity contribution in [1.29, 1.82) is 0 Å². The number of amides is 1. The number of nitrogens with zero attached hydrogens (tertiary/aromatic N) is 1. The maximum Gasteiger partial charge on any atom is 0.327 e. The molecule has 16 heavy (non-hydrogen) atoms. The number of carbonyl (C=O) groups excluding carboxylic acids is 1. The lowest BCUT2D eigenvalue weighted by molar-refractivity contribution is -0.149. The Balaban J connectivity index is 2.12. The largest absolute Gasteiger partial charge is 0.480 e. The molecule has 0 bridgehead atoms. The molecule has 2 fully saturated rings. The predicted octanol–water partition coefficient (Wildman–Crippen LogP) is 1.41. The van der Waals surface area contributed by atoms with Gasteiger partial charge >= 0.3 is 5.97 Å². The molecular weight excluding hydrogens is 226 g/mol. The summed E-state index contributed by atoms with van der Waals surface area (Å²) < 4.78 is 0. The van der Waals surface area contributed by atoms with Crippen molar-refractivity contribution in [3.8, 4) is 0 Å². The van der Waals surface area contributed by atoms with E-state index in [9.17, 15) is 9.59 Å². The first-order valence-electron chi connectivity index (χ1n) is 5.51. The molecule has 3 atom stereocenters. The molecular formula is C11H17NO3S. The summed E-state index contributed by atoms with van der Waals surface area (Å²) in [4.78, 5) is 24.8. The normalized spacial score (nSPS) is 36.2. The van der Waals surface area contributed by atoms with Crippen molar-refractivity contribution >= 4 is 23.6 Å². The van der Waals surface area contributed by atoms with E-state index in [0.29, 0.717) is 5.75 Å². The van der Waals surface area contributed by atoms with Crippen molar-refractivity contribution in [1.82, 2.24) is 4.90 Å². The average Bonchev–Trinajstić information content (AvgIpc) is 2.64. The molecule has 1 saturated heterocycles. The molecule has 1 aliphatic carbocycles. The van der Waals surface area contributed by atoms with Crippen LogP contribution in [0.15, 0.2) is 0 Å². The Bertz CT molecular complexity index is 342. The van der Waals surface area contributed by atoms with Gasteiger partial charge in [-0.05, 0) is 18.8 Å². The van der Waals surface area contributed by atoms with E-state index in [0.717, 1.165) is 6.42 Å². The second-order valence-electron chi connectivity index (χ2n) is 5.28. The lowest BCUT2D eigenvalue weighted by atomic mass is 10.1. The molecule has 0 radical (unpaired) electrons. The van der Waals surface area contributed by atoms with E-state index in [-0.39, 0.29) is 22.6 Å². The molecule has 1 heterocycles. The van der Waals surface area contributed by atoms with E-state index < -0.39 is 12.0 Å². The maximum atomic E-state index is 12.2. The highest BCUT2D eigenvalue weighted by Crippen LogP contribution is 2.53. The van der Waals surface area contributed by atoms with Gasteiger partial charge in [-0.15, -0.1) is 11.8 Å². The first kappa shape index (κ1) is 11.8. The average molecular weight is 243 g/mol. The van der Waals surface area contributed by atoms with E-state index in [1.165, 1.54) is 11.8 Å². The number of hydrogen-bond donors (Lipinski definition) is 1. The number of aliphatic carboxylic acids is 1. The van der Waals surface area contributed by atoms with E-state index in [1.807, 2.05) is 6.92 Å². The molecule has 5 heteroatoms. The molecule has 2 aliphatic rings. The van der Waals surface area contributed by atoms with Crippen molar-refractivity contribution < 1.29 is 14.7 Å². The van der Waals surface area contributed by atoms with Gasteiger partial charge in [-0.1, -0.05) is 13.8 Å². The van der Waals surface area contributed by atoms with Crippen LogP contribution in [0.3, 0.4) is 0 Å². The third-order valence-corrected chi connectivity index (χ3v) is 4.79. The highest BCUT2D eigenvalue weighted by molar-refractivity contribution is 8.00. The lowest BCUT2D eigenvalue weighted by Crippen LogP contribution is -2.46. The second kappa shape index (κ2) is 3.65. The number of rotatable bonds is 2. The Labute approximate surface area is 99.4 Å². The maximum absolute atomic E-state index is 12.2. The molecule has 1 aliphatic heterocycles. The van der Waals surface area contributed by atoms with E-state index in [4.69, 9.17) is 5.11 Å². The summed E-state index contributed by atoms with van der Waals surface area (Å²) in [6.45, 7) is 6.01. The molecule has 0 aromatic carbocycles. The van der Waals surface area contributed by atoms with Gasteiger partial charge in [-0.2, -0.15) is 0 Å². The Morgan fingerprint density at radius 3 is 2.44 bits per heavy atom. The Morgan fingerprint density at radius 2 is 2.00 bits per heavy atom. The van der Waals surface area contributed by atoms with Gasteiger partial charge in [0.25, 0.3) is 0 Å². The van der Waals surface area contributed by atoms with Crippen molar-refractivity contribution in [3.63, 3.8) is 0 Å². The van der Waals surface area contributed by atoms with Crippen LogP contribution in [0.4, 0.5) is 0 Å². The fourth-order valence-corrected chi connectivity index (χ4v) is 3.41. The molecule has 4 nitrogen and oxygen atoms in total. The fourth-order valence-electron chi connectivity index (χ4n) is 2.24. The standard InChI is InChI=1S/C11H17NO3S/c1-6-12(8(5-16-6)10(14)15)9(13)7-4-11(7,2)3/h6-8H,4-5H2,1-3H3,(H,14,15). The number of carbonyl (C=O) groups is 2. The van der Waals surface area contributed by atoms with Crippen LogP contribution in [0.2, 0.25) is 0 Å². The van der Waals surface area contributed by atoms with Crippen LogP contribution in [0.1, 0.15) is 27.2 Å². The molecule has 0 aromatic rings. The van der Waals surface area contributed by atoms with Gasteiger partial charge in [-0.25, -0.2) is 4.79 Å². The Hall–Kier alpha value is -0.710. The van der Waals surface area contributed by atoms with Crippen LogP contribution in [0.25, 0.3) is 0 Å². The summed E-state index contributed by atoms with van der Waals surface area (Å²) in [7, 11) is 0. The van der Waals surface area contributed by atoms with E-state index in [2.05, 4.69) is 13.8 Å². The van der Waals surface area contributed by atoms with Gasteiger partial charge in [0.1, 0.15) is 6.04 Å². The second-order valence-corrected chi connectivity index (χ2v) is 6.63. The third-order valence-electron chi connectivity index (χ3n) is 3.57. The predicted molar refractivity (Wildman–Crippen MR) is 62.1 cm³/mol. The summed E-state index contributed by atoms with van der Waals surface area (Å²) in [6.07, 6.45) is 0.881. The summed E-state index contributed by atoms with van der Waals surface area (Å²) >= 11 is 1.54. The fraction of sp³-hybridized carbons (Fsp3) is 0.818. The van der Waals surface area contributed by atoms with Gasteiger partial charge in [0.15, 0.2) is 0 Å². The van der Waals surface area contributed by atoms with Crippen LogP contribution >= 0.6 is 11.8 Å². The summed E-state index contributed by atoms with van der Waals surface area (Å²) in [5.74, 6) is -0.330. The molecule has 90 valence electrons. The number of carboxylic acids is 1. The van der Waals surface area contributed by atoms with Crippen LogP contribution in [0, 0.1) is 11.3 Å². The first-order chi connectivity index (χ1) is 7.34. The monoisotopic (exact) mass is 243 g/mol. The Morgan fingerprint density at radius 1 is 1.44 bits per heavy atom. The molecule has 1 saturated carbocycles. The van der Waals surface area contributed by atoms with Crippen LogP contribution < -0.4 is 0 Å². The lowest BCUT2D eigenvalue weighted by Gasteiger charge is -2.25. The minimum atomic E-state index is -0.886. The van der Waals surface area contributed by atoms with E-state index >= 15 is 0 Å². The SMILES string of the molecule is CC1SCC(C(=O)O)N1C(=O)C1CC1(C)C. The smallest absolute Gasteiger partial charge is 0.327 e. The Kier molecular flexibility index (Phi) is 2.69. The van der Waals surface area contributed by atoms with Crippen molar-refractivity contribution in [2.24, 2.45) is 11.3 Å². The van der Waals surface area contributed by atoms with Crippen LogP contribution in [-0.2, 0) is 9.59 Å². The minimum Gasteiger partial charge on any atom is -0.480 e. The van der Waals surface area contributed by atoms with Gasteiger partial charge in [-0.3, -0.25) is 4.79 Å². The highest BCUT2D eigenvalue weighted by Gasteiger charge is 2.55. The summed E-state index contributed by atoms with van der Waals surface area (Å²) in [6, 6.07) is -0.635. The van der Waals surface area contributed by atoms with Gasteiger partial charge in [0.05, 0.1) is 5.37 Å². The van der Waals surface area contributed by atoms with Crippen LogP contribution in [0.5, 0.6) is 0 Å². The third kappa shape index (κ3) is 1.81. The molecule has 2 rings (SSSR count). The number of thioether (sulfide) groups is 1. The van der Waals surface area contributed by atoms with Gasteiger partial charge in [0, 0.05) is 11.7 Å². The molecule has 1 amide bonds. The van der Waals surface area contributed by atoms with Gasteiger partial charge in [0.2, 0.25) is 5.91 Å². The molecule has 0 aromatic heterocycles. The zero-order chi connectivity index (χ0) is 12.1. The summed E-state index contributed by atoms with van der Waals surface area (Å²) in [5, 5.41) is 9.07. The zero-order valence-corrected chi connectivity index (χ0v) is 10.6. The summed E-state index contributed by atoms with van der Waals surface area (Å²) in [5.41, 5.74) is 0.0626. The topological polar surface area (TPSA) is 57.6 Å². The molecule has 0 spiro atoms. The molecule has 3 unspecified atom stereocenters. The molecule has 1 N–H and O–H groups in total. The van der Waals surface area contributed by atoms with Crippen molar-refractivity contribution in [2.45, 2.75) is 38.6 Å². The van der Waals surface area contributed by atoms with Gasteiger partial charge < -0.3 is 10.0 Å². The number of carboxylic acid groups (broad SMARTS) is 1. The highest BCUT2D eigenvalue weighted by atomic mass is 32.2. The van der Waals surface area contributed by atoms with Crippen molar-refractivity contribution in [3.05, 3.63) is 0 Å². The van der Waals surface area contributed by atoms with Crippen LogP contribution in [-0.4, -0.2) is 39.1 Å².